The molecular weight excluding hydrogens is 329 g/mol. The summed E-state index contributed by atoms with van der Waals surface area (Å²) < 4.78 is 74.0. The van der Waals surface area contributed by atoms with Crippen LogP contribution in [0.5, 0.6) is 11.5 Å². The lowest BCUT2D eigenvalue weighted by Crippen LogP contribution is -2.19. The number of hydrogen-bond acceptors (Lipinski definition) is 5. The highest BCUT2D eigenvalue weighted by Crippen LogP contribution is 2.34. The topological polar surface area (TPSA) is 68.6 Å². The largest absolute Gasteiger partial charge is 0.573 e. The first-order chi connectivity index (χ1) is 10.7. The predicted octanol–water partition coefficient (Wildman–Crippen LogP) is 3.16. The van der Waals surface area contributed by atoms with E-state index in [1.165, 1.54) is 13.0 Å². The summed E-state index contributed by atoms with van der Waals surface area (Å²) in [7, 11) is 0. The molecule has 0 aliphatic heterocycles. The maximum atomic E-state index is 12.4. The van der Waals surface area contributed by atoms with Gasteiger partial charge in [-0.3, -0.25) is 4.79 Å². The Bertz CT molecular complexity index is 610. The van der Waals surface area contributed by atoms with Crippen LogP contribution in [0, 0.1) is 11.3 Å². The van der Waals surface area contributed by atoms with Crippen LogP contribution >= 0.6 is 0 Å². The van der Waals surface area contributed by atoms with E-state index in [4.69, 9.17) is 5.26 Å². The second kappa shape index (κ2) is 7.62. The number of halogens is 5. The van der Waals surface area contributed by atoms with E-state index in [1.54, 1.807) is 0 Å². The van der Waals surface area contributed by atoms with Crippen LogP contribution in [0.4, 0.5) is 22.0 Å². The summed E-state index contributed by atoms with van der Waals surface area (Å²) in [6.45, 7) is -1.86. The maximum Gasteiger partial charge on any atom is 0.573 e. The van der Waals surface area contributed by atoms with Gasteiger partial charge in [0.05, 0.1) is 13.0 Å². The average molecular weight is 339 g/mol. The van der Waals surface area contributed by atoms with E-state index in [-0.39, 0.29) is 6.61 Å². The fourth-order valence-electron chi connectivity index (χ4n) is 1.68. The molecule has 0 spiro atoms. The smallest absolute Gasteiger partial charge is 0.466 e. The van der Waals surface area contributed by atoms with Crippen molar-refractivity contribution in [3.8, 4) is 17.6 Å². The Hall–Kier alpha value is -2.57. The van der Waals surface area contributed by atoms with E-state index >= 15 is 0 Å². The van der Waals surface area contributed by atoms with Crippen molar-refractivity contribution in [3.63, 3.8) is 0 Å². The molecule has 0 heterocycles. The minimum Gasteiger partial charge on any atom is -0.466 e. The van der Waals surface area contributed by atoms with Crippen LogP contribution in [0.1, 0.15) is 18.1 Å². The summed E-state index contributed by atoms with van der Waals surface area (Å²) >= 11 is 0. The van der Waals surface area contributed by atoms with Gasteiger partial charge in [-0.1, -0.05) is 0 Å². The molecule has 23 heavy (non-hydrogen) atoms. The van der Waals surface area contributed by atoms with Gasteiger partial charge in [0.15, 0.2) is 0 Å². The molecule has 0 atom stereocenters. The molecule has 0 saturated heterocycles. The lowest BCUT2D eigenvalue weighted by atomic mass is 10.0. The monoisotopic (exact) mass is 339 g/mol. The lowest BCUT2D eigenvalue weighted by molar-refractivity contribution is -0.274. The van der Waals surface area contributed by atoms with E-state index in [0.29, 0.717) is 6.07 Å². The van der Waals surface area contributed by atoms with E-state index < -0.39 is 48.0 Å². The fraction of sp³-hybridized carbons (Fsp3) is 0.385. The molecule has 0 aliphatic rings. The van der Waals surface area contributed by atoms with E-state index in [2.05, 4.69) is 14.2 Å². The first-order valence-electron chi connectivity index (χ1n) is 6.10. The van der Waals surface area contributed by atoms with Crippen LogP contribution < -0.4 is 9.47 Å². The zero-order valence-electron chi connectivity index (χ0n) is 11.6. The van der Waals surface area contributed by atoms with Gasteiger partial charge in [-0.2, -0.15) is 14.0 Å². The summed E-state index contributed by atoms with van der Waals surface area (Å²) in [6.07, 6.45) is -5.83. The molecule has 1 rings (SSSR count). The molecular formula is C13H10F5NO4. The van der Waals surface area contributed by atoms with Crippen molar-refractivity contribution in [1.82, 2.24) is 0 Å². The zero-order chi connectivity index (χ0) is 17.6. The SMILES string of the molecule is CCOC(=O)Cc1c(OC(F)F)ccc(OC(F)(F)F)c1C#N. The van der Waals surface area contributed by atoms with Gasteiger partial charge in [-0.15, -0.1) is 13.2 Å². The van der Waals surface area contributed by atoms with Gasteiger partial charge in [0.1, 0.15) is 23.1 Å². The molecule has 0 N–H and O–H groups in total. The van der Waals surface area contributed by atoms with Gasteiger partial charge in [-0.25, -0.2) is 0 Å². The molecule has 0 saturated carbocycles. The predicted molar refractivity (Wildman–Crippen MR) is 64.8 cm³/mol. The number of carbonyl (C=O) groups excluding carboxylic acids is 1. The van der Waals surface area contributed by atoms with Crippen molar-refractivity contribution in [2.45, 2.75) is 26.3 Å². The van der Waals surface area contributed by atoms with Crippen molar-refractivity contribution in [3.05, 3.63) is 23.3 Å². The number of benzene rings is 1. The molecule has 0 amide bonds. The van der Waals surface area contributed by atoms with Gasteiger partial charge >= 0.3 is 18.9 Å². The normalized spacial score (nSPS) is 11.0. The van der Waals surface area contributed by atoms with Crippen molar-refractivity contribution >= 4 is 5.97 Å². The Morgan fingerprint density at radius 3 is 2.39 bits per heavy atom. The van der Waals surface area contributed by atoms with Crippen LogP contribution in [0.3, 0.4) is 0 Å². The second-order valence-electron chi connectivity index (χ2n) is 3.94. The summed E-state index contributed by atoms with van der Waals surface area (Å²) in [6, 6.07) is 2.79. The highest BCUT2D eigenvalue weighted by Gasteiger charge is 2.33. The third-order valence-corrected chi connectivity index (χ3v) is 2.41. The molecule has 1 aromatic rings. The van der Waals surface area contributed by atoms with Crippen molar-refractivity contribution in [2.75, 3.05) is 6.61 Å². The van der Waals surface area contributed by atoms with Crippen LogP contribution in [-0.4, -0.2) is 25.6 Å². The van der Waals surface area contributed by atoms with Gasteiger partial charge < -0.3 is 14.2 Å². The third-order valence-electron chi connectivity index (χ3n) is 2.41. The number of hydrogen-bond donors (Lipinski definition) is 0. The fourth-order valence-corrected chi connectivity index (χ4v) is 1.68. The molecule has 0 unspecified atom stereocenters. The number of ether oxygens (including phenoxy) is 3. The Morgan fingerprint density at radius 2 is 1.91 bits per heavy atom. The molecule has 0 fully saturated rings. The van der Waals surface area contributed by atoms with Crippen molar-refractivity contribution < 1.29 is 41.0 Å². The number of nitrogens with zero attached hydrogens (tertiary/aromatic N) is 1. The molecule has 1 aromatic carbocycles. The Balaban J connectivity index is 3.34. The third kappa shape index (κ3) is 5.61. The summed E-state index contributed by atoms with van der Waals surface area (Å²) in [5.74, 6) is -2.47. The summed E-state index contributed by atoms with van der Waals surface area (Å²) in [5, 5.41) is 9.00. The number of carbonyl (C=O) groups is 1. The van der Waals surface area contributed by atoms with Crippen LogP contribution in [0.25, 0.3) is 0 Å². The number of esters is 1. The first kappa shape index (κ1) is 18.5. The lowest BCUT2D eigenvalue weighted by Gasteiger charge is -2.16. The highest BCUT2D eigenvalue weighted by atomic mass is 19.4. The van der Waals surface area contributed by atoms with Crippen molar-refractivity contribution in [2.24, 2.45) is 0 Å². The molecule has 5 nitrogen and oxygen atoms in total. The van der Waals surface area contributed by atoms with Crippen LogP contribution in [-0.2, 0) is 16.0 Å². The van der Waals surface area contributed by atoms with E-state index in [0.717, 1.165) is 6.07 Å². The van der Waals surface area contributed by atoms with Gasteiger partial charge in [0, 0.05) is 5.56 Å². The second-order valence-corrected chi connectivity index (χ2v) is 3.94. The Morgan fingerprint density at radius 1 is 1.30 bits per heavy atom. The molecule has 10 heteroatoms. The maximum absolute atomic E-state index is 12.4. The van der Waals surface area contributed by atoms with E-state index in [9.17, 15) is 26.7 Å². The molecule has 126 valence electrons. The standard InChI is InChI=1S/C13H10F5NO4/c1-2-21-11(20)5-7-8(6-19)10(23-13(16,17)18)4-3-9(7)22-12(14)15/h3-4,12H,2,5H2,1H3. The van der Waals surface area contributed by atoms with Gasteiger partial charge in [0.25, 0.3) is 0 Å². The summed E-state index contributed by atoms with van der Waals surface area (Å²) in [5.41, 5.74) is -1.22. The van der Waals surface area contributed by atoms with Crippen molar-refractivity contribution in [1.29, 1.82) is 5.26 Å². The number of rotatable bonds is 6. The Labute approximate surface area is 127 Å². The number of alkyl halides is 5. The quantitative estimate of drug-likeness (QED) is 0.588. The molecule has 0 aliphatic carbocycles. The van der Waals surface area contributed by atoms with Crippen LogP contribution in [0.15, 0.2) is 12.1 Å². The molecule has 0 radical (unpaired) electrons. The zero-order valence-corrected chi connectivity index (χ0v) is 11.6. The molecule has 0 bridgehead atoms. The number of nitriles is 1. The minimum atomic E-state index is -5.10. The summed E-state index contributed by atoms with van der Waals surface area (Å²) in [4.78, 5) is 11.5. The van der Waals surface area contributed by atoms with Gasteiger partial charge in [0.2, 0.25) is 0 Å². The minimum absolute atomic E-state index is 0.0372. The Kier molecular flexibility index (Phi) is 6.12. The molecule has 0 aromatic heterocycles. The first-order valence-corrected chi connectivity index (χ1v) is 6.10. The van der Waals surface area contributed by atoms with E-state index in [1.807, 2.05) is 0 Å². The van der Waals surface area contributed by atoms with Gasteiger partial charge in [-0.05, 0) is 19.1 Å². The van der Waals surface area contributed by atoms with Crippen LogP contribution in [0.2, 0.25) is 0 Å². The highest BCUT2D eigenvalue weighted by molar-refractivity contribution is 5.75. The average Bonchev–Trinajstić information content (AvgIpc) is 2.40.